The lowest BCUT2D eigenvalue weighted by Crippen LogP contribution is -2.03. The van der Waals surface area contributed by atoms with E-state index in [-0.39, 0.29) is 12.4 Å². The summed E-state index contributed by atoms with van der Waals surface area (Å²) >= 11 is 0. The van der Waals surface area contributed by atoms with E-state index >= 15 is 0 Å². The van der Waals surface area contributed by atoms with Gasteiger partial charge in [-0.3, -0.25) is 4.98 Å². The van der Waals surface area contributed by atoms with E-state index in [2.05, 4.69) is 16.8 Å². The average molecular weight is 285 g/mol. The lowest BCUT2D eigenvalue weighted by atomic mass is 10.2. The fraction of sp³-hybridized carbons (Fsp3) is 0.235. The van der Waals surface area contributed by atoms with Gasteiger partial charge in [0.15, 0.2) is 11.6 Å². The fourth-order valence-electron chi connectivity index (χ4n) is 1.74. The highest BCUT2D eigenvalue weighted by molar-refractivity contribution is 5.40. The van der Waals surface area contributed by atoms with Gasteiger partial charge in [-0.2, -0.15) is 0 Å². The van der Waals surface area contributed by atoms with Gasteiger partial charge in [0.2, 0.25) is 0 Å². The Morgan fingerprint density at radius 2 is 2.00 bits per heavy atom. The summed E-state index contributed by atoms with van der Waals surface area (Å²) in [7, 11) is 0. The van der Waals surface area contributed by atoms with Gasteiger partial charge in [-0.1, -0.05) is 11.8 Å². The van der Waals surface area contributed by atoms with Crippen LogP contribution in [0.5, 0.6) is 5.75 Å². The number of aromatic nitrogens is 1. The molecular weight excluding hydrogens is 269 g/mol. The first-order valence-corrected chi connectivity index (χ1v) is 6.70. The first-order valence-electron chi connectivity index (χ1n) is 6.70. The number of hydrogen-bond donors (Lipinski definition) is 1. The Morgan fingerprint density at radius 1 is 1.19 bits per heavy atom. The lowest BCUT2D eigenvalue weighted by molar-refractivity contribution is 0.305. The van der Waals surface area contributed by atoms with Crippen LogP contribution in [-0.2, 0) is 6.42 Å². The van der Waals surface area contributed by atoms with Crippen LogP contribution in [0.3, 0.4) is 0 Å². The molecule has 0 fully saturated rings. The molecule has 3 nitrogen and oxygen atoms in total. The van der Waals surface area contributed by atoms with E-state index in [0.717, 1.165) is 5.56 Å². The SMILES string of the molecule is OCCC#Cc1ccc(F)c(OCCc2ccncc2)c1. The zero-order valence-electron chi connectivity index (χ0n) is 11.6. The van der Waals surface area contributed by atoms with Crippen LogP contribution in [0.15, 0.2) is 42.7 Å². The minimum atomic E-state index is -0.405. The molecule has 0 unspecified atom stereocenters. The maximum absolute atomic E-state index is 13.7. The summed E-state index contributed by atoms with van der Waals surface area (Å²) < 4.78 is 19.1. The normalized spacial score (nSPS) is 9.81. The molecule has 0 amide bonds. The molecule has 1 aromatic carbocycles. The monoisotopic (exact) mass is 285 g/mol. The second kappa shape index (κ2) is 8.03. The van der Waals surface area contributed by atoms with Crippen molar-refractivity contribution in [3.05, 3.63) is 59.7 Å². The Balaban J connectivity index is 1.96. The van der Waals surface area contributed by atoms with Gasteiger partial charge in [0.25, 0.3) is 0 Å². The summed E-state index contributed by atoms with van der Waals surface area (Å²) in [6.07, 6.45) is 4.51. The molecule has 0 aliphatic rings. The molecule has 0 aliphatic heterocycles. The van der Waals surface area contributed by atoms with Gasteiger partial charge >= 0.3 is 0 Å². The van der Waals surface area contributed by atoms with E-state index in [1.54, 1.807) is 24.5 Å². The molecule has 0 radical (unpaired) electrons. The Morgan fingerprint density at radius 3 is 2.76 bits per heavy atom. The number of pyridine rings is 1. The minimum Gasteiger partial charge on any atom is -0.490 e. The van der Waals surface area contributed by atoms with Gasteiger partial charge in [-0.05, 0) is 35.9 Å². The number of hydrogen-bond acceptors (Lipinski definition) is 3. The Hall–Kier alpha value is -2.38. The molecule has 2 rings (SSSR count). The minimum absolute atomic E-state index is 0.0173. The predicted molar refractivity (Wildman–Crippen MR) is 78.4 cm³/mol. The highest BCUT2D eigenvalue weighted by atomic mass is 19.1. The predicted octanol–water partition coefficient (Wildman–Crippen LogP) is 2.58. The summed E-state index contributed by atoms with van der Waals surface area (Å²) in [5, 5.41) is 8.68. The lowest BCUT2D eigenvalue weighted by Gasteiger charge is -2.07. The van der Waals surface area contributed by atoms with Crippen molar-refractivity contribution in [3.8, 4) is 17.6 Å². The third-order valence-electron chi connectivity index (χ3n) is 2.80. The van der Waals surface area contributed by atoms with Crippen molar-refractivity contribution in [1.82, 2.24) is 4.98 Å². The maximum Gasteiger partial charge on any atom is 0.165 e. The van der Waals surface area contributed by atoms with Crippen LogP contribution in [0.2, 0.25) is 0 Å². The molecule has 2 aromatic rings. The van der Waals surface area contributed by atoms with Crippen molar-refractivity contribution in [3.63, 3.8) is 0 Å². The fourth-order valence-corrected chi connectivity index (χ4v) is 1.74. The number of halogens is 1. The largest absolute Gasteiger partial charge is 0.490 e. The molecule has 108 valence electrons. The number of benzene rings is 1. The van der Waals surface area contributed by atoms with Gasteiger partial charge < -0.3 is 9.84 Å². The van der Waals surface area contributed by atoms with Crippen LogP contribution in [0.1, 0.15) is 17.5 Å². The molecule has 0 atom stereocenters. The third kappa shape index (κ3) is 4.90. The topological polar surface area (TPSA) is 42.4 Å². The van der Waals surface area contributed by atoms with Crippen molar-refractivity contribution in [2.45, 2.75) is 12.8 Å². The van der Waals surface area contributed by atoms with Gasteiger partial charge in [-0.15, -0.1) is 0 Å². The molecule has 1 aromatic heterocycles. The van der Waals surface area contributed by atoms with Gasteiger partial charge in [0, 0.05) is 30.8 Å². The molecule has 4 heteroatoms. The smallest absolute Gasteiger partial charge is 0.165 e. The van der Waals surface area contributed by atoms with Crippen molar-refractivity contribution < 1.29 is 14.2 Å². The van der Waals surface area contributed by atoms with E-state index in [1.165, 1.54) is 6.07 Å². The van der Waals surface area contributed by atoms with Crippen molar-refractivity contribution >= 4 is 0 Å². The highest BCUT2D eigenvalue weighted by Crippen LogP contribution is 2.18. The highest BCUT2D eigenvalue weighted by Gasteiger charge is 2.04. The summed E-state index contributed by atoms with van der Waals surface area (Å²) in [6.45, 7) is 0.401. The van der Waals surface area contributed by atoms with Crippen LogP contribution < -0.4 is 4.74 Å². The number of ether oxygens (including phenoxy) is 1. The van der Waals surface area contributed by atoms with Crippen molar-refractivity contribution in [1.29, 1.82) is 0 Å². The average Bonchev–Trinajstić information content (AvgIpc) is 2.51. The molecule has 1 heterocycles. The van der Waals surface area contributed by atoms with Crippen LogP contribution in [0.4, 0.5) is 4.39 Å². The Kier molecular flexibility index (Phi) is 5.74. The molecule has 0 saturated heterocycles. The van der Waals surface area contributed by atoms with Gasteiger partial charge in [0.1, 0.15) is 0 Å². The summed E-state index contributed by atoms with van der Waals surface area (Å²) in [4.78, 5) is 3.94. The van der Waals surface area contributed by atoms with Gasteiger partial charge in [-0.25, -0.2) is 4.39 Å². The number of aliphatic hydroxyl groups excluding tert-OH is 1. The molecular formula is C17H16FNO2. The number of aliphatic hydroxyl groups is 1. The summed E-state index contributed by atoms with van der Waals surface area (Å²) in [5.74, 6) is 5.44. The number of rotatable bonds is 5. The van der Waals surface area contributed by atoms with E-state index < -0.39 is 5.82 Å². The first-order chi connectivity index (χ1) is 10.3. The zero-order valence-corrected chi connectivity index (χ0v) is 11.6. The van der Waals surface area contributed by atoms with E-state index in [9.17, 15) is 4.39 Å². The molecule has 0 aliphatic carbocycles. The van der Waals surface area contributed by atoms with Crippen LogP contribution in [0, 0.1) is 17.7 Å². The van der Waals surface area contributed by atoms with Gasteiger partial charge in [0.05, 0.1) is 13.2 Å². The molecule has 1 N–H and O–H groups in total. The van der Waals surface area contributed by atoms with Crippen molar-refractivity contribution in [2.75, 3.05) is 13.2 Å². The molecule has 0 spiro atoms. The molecule has 0 bridgehead atoms. The zero-order chi connectivity index (χ0) is 14.9. The Bertz CT molecular complexity index is 632. The van der Waals surface area contributed by atoms with E-state index in [0.29, 0.717) is 25.0 Å². The second-order valence-electron chi connectivity index (χ2n) is 4.37. The van der Waals surface area contributed by atoms with Crippen molar-refractivity contribution in [2.24, 2.45) is 0 Å². The van der Waals surface area contributed by atoms with Crippen LogP contribution in [0.25, 0.3) is 0 Å². The van der Waals surface area contributed by atoms with E-state index in [4.69, 9.17) is 9.84 Å². The summed E-state index contributed by atoms with van der Waals surface area (Å²) in [5.41, 5.74) is 1.76. The number of nitrogens with zero attached hydrogens (tertiary/aromatic N) is 1. The van der Waals surface area contributed by atoms with Crippen LogP contribution >= 0.6 is 0 Å². The maximum atomic E-state index is 13.7. The first kappa shape index (κ1) is 15.0. The second-order valence-corrected chi connectivity index (χ2v) is 4.37. The third-order valence-corrected chi connectivity index (χ3v) is 2.80. The van der Waals surface area contributed by atoms with E-state index in [1.807, 2.05) is 12.1 Å². The molecule has 0 saturated carbocycles. The molecule has 21 heavy (non-hydrogen) atoms. The standard InChI is InChI=1S/C17H16FNO2/c18-16-5-4-15(3-1-2-11-20)13-17(16)21-12-8-14-6-9-19-10-7-14/h4-7,9-10,13,20H,2,8,11-12H2. The quantitative estimate of drug-likeness (QED) is 0.859. The summed E-state index contributed by atoms with van der Waals surface area (Å²) in [6, 6.07) is 8.30. The van der Waals surface area contributed by atoms with Crippen LogP contribution in [-0.4, -0.2) is 23.3 Å². The Labute approximate surface area is 123 Å².